The summed E-state index contributed by atoms with van der Waals surface area (Å²) in [5.74, 6) is 2.13. The fraction of sp³-hybridized carbons (Fsp3) is 0.294. The predicted octanol–water partition coefficient (Wildman–Crippen LogP) is 3.67. The molecule has 0 saturated carbocycles. The molecule has 1 atom stereocenters. The van der Waals surface area contributed by atoms with E-state index < -0.39 is 0 Å². The Morgan fingerprint density at radius 2 is 1.95 bits per heavy atom. The second-order valence-electron chi connectivity index (χ2n) is 4.99. The summed E-state index contributed by atoms with van der Waals surface area (Å²) in [6.07, 6.45) is 1.10. The SMILES string of the molecule is COc1cccc(OCC2CCNc3ccccc32)c1. The van der Waals surface area contributed by atoms with Crippen molar-refractivity contribution >= 4 is 5.69 Å². The molecule has 1 unspecified atom stereocenters. The topological polar surface area (TPSA) is 30.5 Å². The van der Waals surface area contributed by atoms with Crippen LogP contribution >= 0.6 is 0 Å². The fourth-order valence-electron chi connectivity index (χ4n) is 2.61. The van der Waals surface area contributed by atoms with E-state index in [0.717, 1.165) is 24.5 Å². The highest BCUT2D eigenvalue weighted by Gasteiger charge is 2.20. The van der Waals surface area contributed by atoms with Gasteiger partial charge in [0, 0.05) is 24.2 Å². The molecule has 0 aromatic heterocycles. The summed E-state index contributed by atoms with van der Waals surface area (Å²) >= 11 is 0. The van der Waals surface area contributed by atoms with Crippen LogP contribution in [0.2, 0.25) is 0 Å². The van der Waals surface area contributed by atoms with Crippen molar-refractivity contribution in [3.63, 3.8) is 0 Å². The Balaban J connectivity index is 1.70. The molecule has 3 nitrogen and oxygen atoms in total. The van der Waals surface area contributed by atoms with Gasteiger partial charge in [-0.3, -0.25) is 0 Å². The van der Waals surface area contributed by atoms with E-state index in [9.17, 15) is 0 Å². The Hall–Kier alpha value is -2.16. The Morgan fingerprint density at radius 3 is 2.85 bits per heavy atom. The second kappa shape index (κ2) is 5.87. The molecule has 3 rings (SSSR count). The third-order valence-electron chi connectivity index (χ3n) is 3.70. The first-order valence-corrected chi connectivity index (χ1v) is 6.96. The van der Waals surface area contributed by atoms with Gasteiger partial charge in [0.1, 0.15) is 11.5 Å². The molecule has 1 aliphatic heterocycles. The molecule has 0 spiro atoms. The molecule has 0 bridgehead atoms. The summed E-state index contributed by atoms with van der Waals surface area (Å²) < 4.78 is 11.1. The maximum Gasteiger partial charge on any atom is 0.123 e. The standard InChI is InChI=1S/C17H19NO2/c1-19-14-5-4-6-15(11-14)20-12-13-9-10-18-17-8-3-2-7-16(13)17/h2-8,11,13,18H,9-10,12H2,1H3. The van der Waals surface area contributed by atoms with Crippen LogP contribution < -0.4 is 14.8 Å². The zero-order chi connectivity index (χ0) is 13.8. The minimum Gasteiger partial charge on any atom is -0.497 e. The van der Waals surface area contributed by atoms with E-state index in [0.29, 0.717) is 12.5 Å². The molecule has 0 aliphatic carbocycles. The molecule has 0 saturated heterocycles. The molecule has 0 fully saturated rings. The van der Waals surface area contributed by atoms with Crippen LogP contribution in [0.5, 0.6) is 11.5 Å². The van der Waals surface area contributed by atoms with Crippen molar-refractivity contribution in [2.24, 2.45) is 0 Å². The predicted molar refractivity (Wildman–Crippen MR) is 80.8 cm³/mol. The number of anilines is 1. The highest BCUT2D eigenvalue weighted by molar-refractivity contribution is 5.54. The van der Waals surface area contributed by atoms with Gasteiger partial charge in [-0.2, -0.15) is 0 Å². The zero-order valence-corrected chi connectivity index (χ0v) is 11.6. The van der Waals surface area contributed by atoms with Gasteiger partial charge in [0.15, 0.2) is 0 Å². The maximum atomic E-state index is 5.94. The molecular weight excluding hydrogens is 250 g/mol. The molecule has 1 aliphatic rings. The van der Waals surface area contributed by atoms with Crippen LogP contribution in [0.15, 0.2) is 48.5 Å². The van der Waals surface area contributed by atoms with Crippen LogP contribution in [-0.2, 0) is 0 Å². The minimum atomic E-state index is 0.443. The van der Waals surface area contributed by atoms with Crippen molar-refractivity contribution in [2.75, 3.05) is 25.6 Å². The van der Waals surface area contributed by atoms with Gasteiger partial charge < -0.3 is 14.8 Å². The molecule has 2 aromatic rings. The number of ether oxygens (including phenoxy) is 2. The number of nitrogens with one attached hydrogen (secondary N) is 1. The van der Waals surface area contributed by atoms with E-state index >= 15 is 0 Å². The number of methoxy groups -OCH3 is 1. The van der Waals surface area contributed by atoms with Crippen molar-refractivity contribution in [3.05, 3.63) is 54.1 Å². The number of para-hydroxylation sites is 1. The van der Waals surface area contributed by atoms with Crippen LogP contribution in [0.25, 0.3) is 0 Å². The lowest BCUT2D eigenvalue weighted by atomic mass is 9.92. The Morgan fingerprint density at radius 1 is 1.10 bits per heavy atom. The normalized spacial score (nSPS) is 16.9. The summed E-state index contributed by atoms with van der Waals surface area (Å²) in [4.78, 5) is 0. The van der Waals surface area contributed by atoms with Crippen molar-refractivity contribution in [1.82, 2.24) is 0 Å². The summed E-state index contributed by atoms with van der Waals surface area (Å²) in [5.41, 5.74) is 2.58. The van der Waals surface area contributed by atoms with Gasteiger partial charge in [-0.1, -0.05) is 24.3 Å². The summed E-state index contributed by atoms with van der Waals surface area (Å²) in [6, 6.07) is 16.2. The molecule has 1 N–H and O–H groups in total. The third-order valence-corrected chi connectivity index (χ3v) is 3.70. The van der Waals surface area contributed by atoms with Gasteiger partial charge in [-0.25, -0.2) is 0 Å². The summed E-state index contributed by atoms with van der Waals surface area (Å²) in [6.45, 7) is 1.70. The van der Waals surface area contributed by atoms with Crippen molar-refractivity contribution in [2.45, 2.75) is 12.3 Å². The smallest absolute Gasteiger partial charge is 0.123 e. The van der Waals surface area contributed by atoms with E-state index in [-0.39, 0.29) is 0 Å². The highest BCUT2D eigenvalue weighted by Crippen LogP contribution is 2.32. The van der Waals surface area contributed by atoms with Gasteiger partial charge in [-0.05, 0) is 30.2 Å². The van der Waals surface area contributed by atoms with Gasteiger partial charge in [0.25, 0.3) is 0 Å². The van der Waals surface area contributed by atoms with E-state index in [2.05, 4.69) is 29.6 Å². The quantitative estimate of drug-likeness (QED) is 0.918. The zero-order valence-electron chi connectivity index (χ0n) is 11.6. The Kier molecular flexibility index (Phi) is 3.77. The monoisotopic (exact) mass is 269 g/mol. The average molecular weight is 269 g/mol. The van der Waals surface area contributed by atoms with Gasteiger partial charge in [-0.15, -0.1) is 0 Å². The van der Waals surface area contributed by atoms with E-state index in [1.165, 1.54) is 11.3 Å². The van der Waals surface area contributed by atoms with E-state index in [1.54, 1.807) is 7.11 Å². The van der Waals surface area contributed by atoms with Gasteiger partial charge in [0.05, 0.1) is 13.7 Å². The van der Waals surface area contributed by atoms with Crippen LogP contribution in [0.3, 0.4) is 0 Å². The maximum absolute atomic E-state index is 5.94. The minimum absolute atomic E-state index is 0.443. The van der Waals surface area contributed by atoms with E-state index in [1.807, 2.05) is 24.3 Å². The molecule has 1 heterocycles. The average Bonchev–Trinajstić information content (AvgIpc) is 2.53. The summed E-state index contributed by atoms with van der Waals surface area (Å²) in [5, 5.41) is 3.43. The van der Waals surface area contributed by atoms with Crippen LogP contribution in [0.4, 0.5) is 5.69 Å². The molecule has 20 heavy (non-hydrogen) atoms. The highest BCUT2D eigenvalue weighted by atomic mass is 16.5. The molecule has 0 amide bonds. The second-order valence-corrected chi connectivity index (χ2v) is 4.99. The van der Waals surface area contributed by atoms with Crippen LogP contribution in [0.1, 0.15) is 17.9 Å². The first-order valence-electron chi connectivity index (χ1n) is 6.96. The van der Waals surface area contributed by atoms with Gasteiger partial charge >= 0.3 is 0 Å². The largest absolute Gasteiger partial charge is 0.497 e. The van der Waals surface area contributed by atoms with Crippen molar-refractivity contribution in [3.8, 4) is 11.5 Å². The van der Waals surface area contributed by atoms with Crippen LogP contribution in [0, 0.1) is 0 Å². The van der Waals surface area contributed by atoms with Gasteiger partial charge in [0.2, 0.25) is 0 Å². The number of rotatable bonds is 4. The fourth-order valence-corrected chi connectivity index (χ4v) is 2.61. The lowest BCUT2D eigenvalue weighted by Crippen LogP contribution is -2.21. The molecule has 0 radical (unpaired) electrons. The first kappa shape index (κ1) is 12.9. The third kappa shape index (κ3) is 2.72. The number of benzene rings is 2. The Labute approximate surface area is 119 Å². The number of hydrogen-bond acceptors (Lipinski definition) is 3. The number of fused-ring (bicyclic) bond motifs is 1. The molecule has 104 valence electrons. The Bertz CT molecular complexity index is 583. The number of hydrogen-bond donors (Lipinski definition) is 1. The molecular formula is C17H19NO2. The lowest BCUT2D eigenvalue weighted by Gasteiger charge is -2.26. The van der Waals surface area contributed by atoms with Crippen molar-refractivity contribution < 1.29 is 9.47 Å². The lowest BCUT2D eigenvalue weighted by molar-refractivity contribution is 0.280. The summed E-state index contributed by atoms with van der Waals surface area (Å²) in [7, 11) is 1.67. The van der Waals surface area contributed by atoms with Crippen LogP contribution in [-0.4, -0.2) is 20.3 Å². The molecule has 3 heteroatoms. The van der Waals surface area contributed by atoms with E-state index in [4.69, 9.17) is 9.47 Å². The molecule has 2 aromatic carbocycles. The van der Waals surface area contributed by atoms with Crippen molar-refractivity contribution in [1.29, 1.82) is 0 Å². The first-order chi connectivity index (χ1) is 9.86.